The summed E-state index contributed by atoms with van der Waals surface area (Å²) in [6, 6.07) is 9.57. The molecule has 2 heterocycles. The first-order chi connectivity index (χ1) is 9.66. The Morgan fingerprint density at radius 1 is 1.10 bits per heavy atom. The maximum atomic E-state index is 12.7. The SMILES string of the molecule is Cc1cnc(C(=O)c2cccc3ccncc23)c(C)c1. The summed E-state index contributed by atoms with van der Waals surface area (Å²) in [5.41, 5.74) is 3.11. The number of carbonyl (C=O) groups excluding carboxylic acids is 1. The second kappa shape index (κ2) is 4.85. The molecule has 0 spiro atoms. The number of pyridine rings is 2. The Kier molecular flexibility index (Phi) is 3.03. The minimum atomic E-state index is -0.0545. The molecule has 1 aromatic carbocycles. The van der Waals surface area contributed by atoms with Gasteiger partial charge in [0.2, 0.25) is 5.78 Å². The van der Waals surface area contributed by atoms with Gasteiger partial charge in [-0.2, -0.15) is 0 Å². The highest BCUT2D eigenvalue weighted by molar-refractivity contribution is 6.15. The van der Waals surface area contributed by atoms with E-state index in [2.05, 4.69) is 9.97 Å². The van der Waals surface area contributed by atoms with Crippen LogP contribution < -0.4 is 0 Å². The molecular formula is C17H14N2O. The second-order valence-electron chi connectivity index (χ2n) is 4.91. The molecule has 0 saturated carbocycles. The normalized spacial score (nSPS) is 10.7. The van der Waals surface area contributed by atoms with Crippen LogP contribution in [0.25, 0.3) is 10.8 Å². The molecule has 3 aromatic rings. The number of aromatic nitrogens is 2. The van der Waals surface area contributed by atoms with Crippen molar-refractivity contribution < 1.29 is 4.79 Å². The lowest BCUT2D eigenvalue weighted by molar-refractivity contribution is 0.103. The molecule has 3 rings (SSSR count). The lowest BCUT2D eigenvalue weighted by Crippen LogP contribution is -2.07. The number of hydrogen-bond donors (Lipinski definition) is 0. The molecule has 3 heteroatoms. The zero-order valence-corrected chi connectivity index (χ0v) is 11.4. The van der Waals surface area contributed by atoms with E-state index in [1.54, 1.807) is 18.6 Å². The Morgan fingerprint density at radius 2 is 1.95 bits per heavy atom. The van der Waals surface area contributed by atoms with Crippen molar-refractivity contribution in [3.63, 3.8) is 0 Å². The Morgan fingerprint density at radius 3 is 2.75 bits per heavy atom. The van der Waals surface area contributed by atoms with E-state index in [1.165, 1.54) is 0 Å². The van der Waals surface area contributed by atoms with Gasteiger partial charge in [-0.15, -0.1) is 0 Å². The van der Waals surface area contributed by atoms with Crippen LogP contribution >= 0.6 is 0 Å². The van der Waals surface area contributed by atoms with Crippen molar-refractivity contribution in [1.29, 1.82) is 0 Å². The number of hydrogen-bond acceptors (Lipinski definition) is 3. The molecule has 0 aliphatic carbocycles. The topological polar surface area (TPSA) is 42.9 Å². The predicted octanol–water partition coefficient (Wildman–Crippen LogP) is 3.48. The second-order valence-corrected chi connectivity index (χ2v) is 4.91. The third kappa shape index (κ3) is 2.07. The van der Waals surface area contributed by atoms with E-state index in [-0.39, 0.29) is 5.78 Å². The summed E-state index contributed by atoms with van der Waals surface area (Å²) < 4.78 is 0. The quantitative estimate of drug-likeness (QED) is 0.664. The van der Waals surface area contributed by atoms with Crippen molar-refractivity contribution in [2.75, 3.05) is 0 Å². The van der Waals surface area contributed by atoms with Gasteiger partial charge >= 0.3 is 0 Å². The number of aryl methyl sites for hydroxylation is 2. The van der Waals surface area contributed by atoms with Gasteiger partial charge in [-0.3, -0.25) is 14.8 Å². The zero-order chi connectivity index (χ0) is 14.1. The van der Waals surface area contributed by atoms with Crippen LogP contribution in [0, 0.1) is 13.8 Å². The van der Waals surface area contributed by atoms with Crippen LogP contribution in [0.15, 0.2) is 48.9 Å². The summed E-state index contributed by atoms with van der Waals surface area (Å²) in [6.07, 6.45) is 5.18. The van der Waals surface area contributed by atoms with Gasteiger partial charge in [0.05, 0.1) is 0 Å². The number of fused-ring (bicyclic) bond motifs is 1. The van der Waals surface area contributed by atoms with Crippen molar-refractivity contribution in [3.05, 3.63) is 71.3 Å². The zero-order valence-electron chi connectivity index (χ0n) is 11.4. The maximum Gasteiger partial charge on any atom is 0.212 e. The summed E-state index contributed by atoms with van der Waals surface area (Å²) in [7, 11) is 0. The van der Waals surface area contributed by atoms with Crippen molar-refractivity contribution in [1.82, 2.24) is 9.97 Å². The monoisotopic (exact) mass is 262 g/mol. The van der Waals surface area contributed by atoms with E-state index in [0.717, 1.165) is 21.9 Å². The number of nitrogens with zero attached hydrogens (tertiary/aromatic N) is 2. The van der Waals surface area contributed by atoms with E-state index in [9.17, 15) is 4.79 Å². The molecule has 0 saturated heterocycles. The van der Waals surface area contributed by atoms with Crippen molar-refractivity contribution in [2.24, 2.45) is 0 Å². The fourth-order valence-electron chi connectivity index (χ4n) is 2.39. The highest BCUT2D eigenvalue weighted by Crippen LogP contribution is 2.21. The van der Waals surface area contributed by atoms with Crippen molar-refractivity contribution in [3.8, 4) is 0 Å². The first-order valence-corrected chi connectivity index (χ1v) is 6.47. The maximum absolute atomic E-state index is 12.7. The summed E-state index contributed by atoms with van der Waals surface area (Å²) in [5.74, 6) is -0.0545. The number of benzene rings is 1. The summed E-state index contributed by atoms with van der Waals surface area (Å²) in [4.78, 5) is 21.1. The van der Waals surface area contributed by atoms with E-state index in [4.69, 9.17) is 0 Å². The number of ketones is 1. The van der Waals surface area contributed by atoms with Crippen LogP contribution in [0.4, 0.5) is 0 Å². The minimum Gasteiger partial charge on any atom is -0.287 e. The molecular weight excluding hydrogens is 248 g/mol. The van der Waals surface area contributed by atoms with Gasteiger partial charge in [-0.1, -0.05) is 24.3 Å². The molecule has 0 radical (unpaired) electrons. The van der Waals surface area contributed by atoms with Crippen LogP contribution in [0.1, 0.15) is 27.2 Å². The van der Waals surface area contributed by atoms with E-state index in [0.29, 0.717) is 11.3 Å². The summed E-state index contributed by atoms with van der Waals surface area (Å²) >= 11 is 0. The number of carbonyl (C=O) groups is 1. The summed E-state index contributed by atoms with van der Waals surface area (Å²) in [6.45, 7) is 3.88. The largest absolute Gasteiger partial charge is 0.287 e. The third-order valence-corrected chi connectivity index (χ3v) is 3.36. The van der Waals surface area contributed by atoms with Crippen LogP contribution in [0.3, 0.4) is 0 Å². The van der Waals surface area contributed by atoms with Gasteiger partial charge in [-0.25, -0.2) is 0 Å². The van der Waals surface area contributed by atoms with Crippen LogP contribution in [-0.2, 0) is 0 Å². The smallest absolute Gasteiger partial charge is 0.212 e. The Bertz CT molecular complexity index is 804. The highest BCUT2D eigenvalue weighted by atomic mass is 16.1. The molecule has 3 nitrogen and oxygen atoms in total. The first-order valence-electron chi connectivity index (χ1n) is 6.47. The molecule has 0 unspecified atom stereocenters. The molecule has 2 aromatic heterocycles. The molecule has 0 aliphatic rings. The van der Waals surface area contributed by atoms with E-state index < -0.39 is 0 Å². The van der Waals surface area contributed by atoms with Gasteiger partial charge in [0.25, 0.3) is 0 Å². The van der Waals surface area contributed by atoms with Gasteiger partial charge in [0.15, 0.2) is 0 Å². The highest BCUT2D eigenvalue weighted by Gasteiger charge is 2.15. The average Bonchev–Trinajstić information content (AvgIpc) is 2.46. The van der Waals surface area contributed by atoms with E-state index >= 15 is 0 Å². The van der Waals surface area contributed by atoms with Gasteiger partial charge in [-0.05, 0) is 36.4 Å². The standard InChI is InChI=1S/C17H14N2O/c1-11-8-12(2)16(19-9-11)17(20)14-5-3-4-13-6-7-18-10-15(13)14/h3-10H,1-2H3. The predicted molar refractivity (Wildman–Crippen MR) is 78.9 cm³/mol. The van der Waals surface area contributed by atoms with Gasteiger partial charge < -0.3 is 0 Å². The molecule has 98 valence electrons. The van der Waals surface area contributed by atoms with Crippen LogP contribution in [-0.4, -0.2) is 15.8 Å². The van der Waals surface area contributed by atoms with Crippen molar-refractivity contribution in [2.45, 2.75) is 13.8 Å². The number of rotatable bonds is 2. The lowest BCUT2D eigenvalue weighted by Gasteiger charge is -2.07. The van der Waals surface area contributed by atoms with E-state index in [1.807, 2.05) is 44.2 Å². The molecule has 0 N–H and O–H groups in total. The lowest BCUT2D eigenvalue weighted by atomic mass is 9.99. The molecule has 0 fully saturated rings. The first kappa shape index (κ1) is 12.5. The molecule has 0 aliphatic heterocycles. The Balaban J connectivity index is 2.18. The Hall–Kier alpha value is -2.55. The third-order valence-electron chi connectivity index (χ3n) is 3.36. The fraction of sp³-hybridized carbons (Fsp3) is 0.118. The van der Waals surface area contributed by atoms with Gasteiger partial charge in [0.1, 0.15) is 5.69 Å². The van der Waals surface area contributed by atoms with Crippen molar-refractivity contribution >= 4 is 16.6 Å². The minimum absolute atomic E-state index is 0.0545. The molecule has 0 amide bonds. The average molecular weight is 262 g/mol. The molecule has 0 bridgehead atoms. The molecule has 20 heavy (non-hydrogen) atoms. The molecule has 0 atom stereocenters. The summed E-state index contributed by atoms with van der Waals surface area (Å²) in [5, 5.41) is 1.87. The Labute approximate surface area is 117 Å². The fourth-order valence-corrected chi connectivity index (χ4v) is 2.39. The van der Waals surface area contributed by atoms with Crippen LogP contribution in [0.5, 0.6) is 0 Å². The van der Waals surface area contributed by atoms with Gasteiger partial charge in [0, 0.05) is 29.5 Å². The van der Waals surface area contributed by atoms with Crippen LogP contribution in [0.2, 0.25) is 0 Å².